The summed E-state index contributed by atoms with van der Waals surface area (Å²) in [5.74, 6) is 0.506. The first-order valence-corrected chi connectivity index (χ1v) is 10.6. The topological polar surface area (TPSA) is 91.3 Å². The molecule has 7 heteroatoms. The van der Waals surface area contributed by atoms with Crippen LogP contribution < -0.4 is 18.9 Å². The fourth-order valence-electron chi connectivity index (χ4n) is 3.19. The lowest BCUT2D eigenvalue weighted by Crippen LogP contribution is -2.05. The summed E-state index contributed by atoms with van der Waals surface area (Å²) in [5.41, 5.74) is 2.10. The molecule has 0 radical (unpaired) electrons. The van der Waals surface area contributed by atoms with E-state index in [2.05, 4.69) is 0 Å². The fraction of sp³-hybridized carbons (Fsp3) is 0.185. The van der Waals surface area contributed by atoms with Crippen LogP contribution in [0.15, 0.2) is 72.8 Å². The van der Waals surface area contributed by atoms with Crippen molar-refractivity contribution in [3.05, 3.63) is 89.5 Å². The molecule has 0 spiro atoms. The minimum Gasteiger partial charge on any atom is -0.496 e. The summed E-state index contributed by atoms with van der Waals surface area (Å²) < 4.78 is 21.5. The first-order valence-electron chi connectivity index (χ1n) is 10.6. The highest BCUT2D eigenvalue weighted by molar-refractivity contribution is 5.74. The van der Waals surface area contributed by atoms with Crippen LogP contribution in [-0.4, -0.2) is 24.2 Å². The van der Waals surface area contributed by atoms with Gasteiger partial charge in [0.25, 0.3) is 0 Å². The lowest BCUT2D eigenvalue weighted by Gasteiger charge is -2.14. The molecule has 0 amide bonds. The van der Waals surface area contributed by atoms with Crippen molar-refractivity contribution in [3.8, 4) is 23.0 Å². The highest BCUT2D eigenvalue weighted by Gasteiger charge is 2.14. The van der Waals surface area contributed by atoms with Crippen molar-refractivity contribution in [2.45, 2.75) is 26.6 Å². The third kappa shape index (κ3) is 6.95. The molecule has 0 saturated carbocycles. The largest absolute Gasteiger partial charge is 0.496 e. The monoisotopic (exact) mass is 462 g/mol. The van der Waals surface area contributed by atoms with Crippen molar-refractivity contribution >= 4 is 18.0 Å². The molecule has 0 aliphatic rings. The van der Waals surface area contributed by atoms with E-state index in [1.54, 1.807) is 36.4 Å². The number of hydrogen-bond acceptors (Lipinski definition) is 7. The molecule has 1 atom stereocenters. The van der Waals surface area contributed by atoms with E-state index in [4.69, 9.17) is 18.9 Å². The summed E-state index contributed by atoms with van der Waals surface area (Å²) in [6.45, 7) is 2.96. The minimum atomic E-state index is -1.00. The van der Waals surface area contributed by atoms with Gasteiger partial charge in [0, 0.05) is 37.1 Å². The van der Waals surface area contributed by atoms with Crippen LogP contribution in [0.5, 0.6) is 23.0 Å². The molecule has 176 valence electrons. The van der Waals surface area contributed by atoms with Gasteiger partial charge >= 0.3 is 11.9 Å². The van der Waals surface area contributed by atoms with E-state index in [-0.39, 0.29) is 11.5 Å². The Morgan fingerprint density at radius 2 is 1.56 bits per heavy atom. The average molecular weight is 462 g/mol. The maximum Gasteiger partial charge on any atom is 0.308 e. The second kappa shape index (κ2) is 11.7. The normalized spacial score (nSPS) is 11.6. The lowest BCUT2D eigenvalue weighted by atomic mass is 10.1. The summed E-state index contributed by atoms with van der Waals surface area (Å²) in [7, 11) is 1.52. The molecule has 0 aliphatic carbocycles. The SMILES string of the molecule is COc1cc(OCc2ccccc2)ccc1C(O)C=Cc1ccc(OC(C)=O)cc1OC(C)=O. The molecule has 0 aliphatic heterocycles. The molecular weight excluding hydrogens is 436 g/mol. The molecule has 0 fully saturated rings. The van der Waals surface area contributed by atoms with Gasteiger partial charge in [-0.3, -0.25) is 9.59 Å². The number of rotatable bonds is 9. The Bertz CT molecular complexity index is 1170. The number of methoxy groups -OCH3 is 1. The van der Waals surface area contributed by atoms with Gasteiger partial charge in [0.2, 0.25) is 0 Å². The lowest BCUT2D eigenvalue weighted by molar-refractivity contribution is -0.132. The number of esters is 2. The molecule has 0 aromatic heterocycles. The maximum absolute atomic E-state index is 11.5. The number of carbonyl (C=O) groups is 2. The van der Waals surface area contributed by atoms with Crippen LogP contribution in [0.25, 0.3) is 6.08 Å². The van der Waals surface area contributed by atoms with Crippen LogP contribution in [-0.2, 0) is 16.2 Å². The number of carbonyl (C=O) groups excluding carboxylic acids is 2. The van der Waals surface area contributed by atoms with Crippen molar-refractivity contribution in [2.24, 2.45) is 0 Å². The summed E-state index contributed by atoms with van der Waals surface area (Å²) in [6, 6.07) is 19.6. The molecule has 3 aromatic rings. The summed E-state index contributed by atoms with van der Waals surface area (Å²) in [6.07, 6.45) is 2.15. The van der Waals surface area contributed by atoms with Crippen molar-refractivity contribution in [2.75, 3.05) is 7.11 Å². The van der Waals surface area contributed by atoms with Crippen LogP contribution in [0, 0.1) is 0 Å². The van der Waals surface area contributed by atoms with E-state index in [0.29, 0.717) is 29.2 Å². The number of ether oxygens (including phenoxy) is 4. The molecule has 0 heterocycles. The van der Waals surface area contributed by atoms with Crippen LogP contribution in [0.1, 0.15) is 36.6 Å². The summed E-state index contributed by atoms with van der Waals surface area (Å²) >= 11 is 0. The van der Waals surface area contributed by atoms with E-state index in [9.17, 15) is 14.7 Å². The molecule has 3 rings (SSSR count). The van der Waals surface area contributed by atoms with Crippen LogP contribution in [0.4, 0.5) is 0 Å². The maximum atomic E-state index is 11.5. The molecule has 1 unspecified atom stereocenters. The Morgan fingerprint density at radius 3 is 2.24 bits per heavy atom. The van der Waals surface area contributed by atoms with Gasteiger partial charge in [-0.2, -0.15) is 0 Å². The molecule has 3 aromatic carbocycles. The molecule has 7 nitrogen and oxygen atoms in total. The van der Waals surface area contributed by atoms with Crippen LogP contribution >= 0.6 is 0 Å². The molecule has 34 heavy (non-hydrogen) atoms. The first kappa shape index (κ1) is 24.5. The Morgan fingerprint density at radius 1 is 0.882 bits per heavy atom. The quantitative estimate of drug-likeness (QED) is 0.358. The van der Waals surface area contributed by atoms with Gasteiger partial charge in [0.15, 0.2) is 0 Å². The molecular formula is C27H26O7. The number of hydrogen-bond donors (Lipinski definition) is 1. The van der Waals surface area contributed by atoms with E-state index in [1.165, 1.54) is 33.1 Å². The van der Waals surface area contributed by atoms with Gasteiger partial charge in [0.1, 0.15) is 35.7 Å². The molecule has 0 saturated heterocycles. The van der Waals surface area contributed by atoms with Gasteiger partial charge in [0.05, 0.1) is 7.11 Å². The first-order chi connectivity index (χ1) is 16.4. The van der Waals surface area contributed by atoms with E-state index in [1.807, 2.05) is 30.3 Å². The minimum absolute atomic E-state index is 0.200. The zero-order valence-corrected chi connectivity index (χ0v) is 19.2. The second-order valence-electron chi connectivity index (χ2n) is 7.37. The Balaban J connectivity index is 1.77. The van der Waals surface area contributed by atoms with Gasteiger partial charge < -0.3 is 24.1 Å². The average Bonchev–Trinajstić information content (AvgIpc) is 2.81. The highest BCUT2D eigenvalue weighted by atomic mass is 16.5. The highest BCUT2D eigenvalue weighted by Crippen LogP contribution is 2.32. The van der Waals surface area contributed by atoms with Crippen LogP contribution in [0.3, 0.4) is 0 Å². The van der Waals surface area contributed by atoms with E-state index >= 15 is 0 Å². The van der Waals surface area contributed by atoms with E-state index in [0.717, 1.165) is 5.56 Å². The predicted molar refractivity (Wildman–Crippen MR) is 127 cm³/mol. The summed E-state index contributed by atoms with van der Waals surface area (Å²) in [4.78, 5) is 22.7. The van der Waals surface area contributed by atoms with Crippen molar-refractivity contribution in [1.82, 2.24) is 0 Å². The van der Waals surface area contributed by atoms with Crippen molar-refractivity contribution in [1.29, 1.82) is 0 Å². The van der Waals surface area contributed by atoms with Gasteiger partial charge in [-0.05, 0) is 29.8 Å². The van der Waals surface area contributed by atoms with Gasteiger partial charge in [-0.15, -0.1) is 0 Å². The third-order valence-corrected chi connectivity index (χ3v) is 4.73. The predicted octanol–water partition coefficient (Wildman–Crippen LogP) is 4.87. The fourth-order valence-corrected chi connectivity index (χ4v) is 3.19. The second-order valence-corrected chi connectivity index (χ2v) is 7.37. The number of aliphatic hydroxyl groups is 1. The smallest absolute Gasteiger partial charge is 0.308 e. The zero-order valence-electron chi connectivity index (χ0n) is 19.2. The standard InChI is InChI=1S/C27H26O7/c1-18(28)33-23-11-9-21(26(16-23)34-19(2)29)10-14-25(30)24-13-12-22(15-27(24)31-3)32-17-20-7-5-4-6-8-20/h4-16,25,30H,17H2,1-3H3. The Labute approximate surface area is 198 Å². The number of benzene rings is 3. The molecule has 1 N–H and O–H groups in total. The zero-order chi connectivity index (χ0) is 24.5. The van der Waals surface area contributed by atoms with Crippen molar-refractivity contribution in [3.63, 3.8) is 0 Å². The Hall–Kier alpha value is -4.10. The van der Waals surface area contributed by atoms with Crippen molar-refractivity contribution < 1.29 is 33.6 Å². The Kier molecular flexibility index (Phi) is 8.43. The van der Waals surface area contributed by atoms with Gasteiger partial charge in [-0.1, -0.05) is 42.5 Å². The van der Waals surface area contributed by atoms with Crippen LogP contribution in [0.2, 0.25) is 0 Å². The molecule has 0 bridgehead atoms. The summed E-state index contributed by atoms with van der Waals surface area (Å²) in [5, 5.41) is 10.8. The third-order valence-electron chi connectivity index (χ3n) is 4.73. The van der Waals surface area contributed by atoms with E-state index < -0.39 is 18.0 Å². The van der Waals surface area contributed by atoms with Gasteiger partial charge in [-0.25, -0.2) is 0 Å². The number of aliphatic hydroxyl groups excluding tert-OH is 1.